The number of para-hydroxylation sites is 2. The molecule has 0 saturated carbocycles. The largest absolute Gasteiger partial charge is 0.455 e. The van der Waals surface area contributed by atoms with Crippen molar-refractivity contribution in [1.82, 2.24) is 0 Å². The van der Waals surface area contributed by atoms with Gasteiger partial charge >= 0.3 is 0 Å². The fourth-order valence-corrected chi connectivity index (χ4v) is 8.77. The van der Waals surface area contributed by atoms with Crippen LogP contribution in [0.1, 0.15) is 0 Å². The van der Waals surface area contributed by atoms with Crippen molar-refractivity contribution in [2.45, 2.75) is 0 Å². The normalized spacial score (nSPS) is 11.4. The van der Waals surface area contributed by atoms with Gasteiger partial charge < -0.3 is 9.32 Å². The summed E-state index contributed by atoms with van der Waals surface area (Å²) in [4.78, 5) is 2.44. The lowest BCUT2D eigenvalue weighted by Gasteiger charge is -2.29. The van der Waals surface area contributed by atoms with Crippen molar-refractivity contribution >= 4 is 60.5 Å². The van der Waals surface area contributed by atoms with Crippen molar-refractivity contribution in [3.05, 3.63) is 224 Å². The maximum atomic E-state index is 6.84. The second kappa shape index (κ2) is 14.1. The van der Waals surface area contributed by atoms with Gasteiger partial charge in [0.1, 0.15) is 11.2 Å². The lowest BCUT2D eigenvalue weighted by Crippen LogP contribution is -2.12. The minimum atomic E-state index is 0.863. The molecule has 0 radical (unpaired) electrons. The van der Waals surface area contributed by atoms with Gasteiger partial charge in [-0.2, -0.15) is 0 Å². The maximum absolute atomic E-state index is 6.84. The topological polar surface area (TPSA) is 16.4 Å². The Balaban J connectivity index is 1.19. The van der Waals surface area contributed by atoms with E-state index >= 15 is 0 Å². The van der Waals surface area contributed by atoms with E-state index in [1.54, 1.807) is 0 Å². The highest BCUT2D eigenvalue weighted by Crippen LogP contribution is 2.49. The molecule has 0 N–H and O–H groups in total. The monoisotopic (exact) mass is 739 g/mol. The summed E-state index contributed by atoms with van der Waals surface area (Å²) in [5, 5.41) is 7.13. The molecule has 272 valence electrons. The van der Waals surface area contributed by atoms with Gasteiger partial charge in [-0.25, -0.2) is 0 Å². The van der Waals surface area contributed by atoms with E-state index in [0.717, 1.165) is 66.8 Å². The molecule has 0 aliphatic heterocycles. The minimum Gasteiger partial charge on any atom is -0.455 e. The second-order valence-corrected chi connectivity index (χ2v) is 14.8. The van der Waals surface area contributed by atoms with Crippen molar-refractivity contribution in [2.24, 2.45) is 0 Å². The molecule has 2 nitrogen and oxygen atoms in total. The van der Waals surface area contributed by atoms with Crippen LogP contribution in [0.25, 0.3) is 88.0 Å². The predicted octanol–water partition coefficient (Wildman–Crippen LogP) is 16.0. The zero-order valence-corrected chi connectivity index (χ0v) is 31.7. The van der Waals surface area contributed by atoms with Crippen LogP contribution in [0, 0.1) is 0 Å². The molecule has 10 aromatic carbocycles. The van der Waals surface area contributed by atoms with E-state index in [-0.39, 0.29) is 0 Å². The van der Waals surface area contributed by atoms with E-state index in [9.17, 15) is 0 Å². The molecule has 0 atom stereocenters. The zero-order valence-electron chi connectivity index (χ0n) is 31.7. The summed E-state index contributed by atoms with van der Waals surface area (Å²) < 4.78 is 6.84. The Morgan fingerprint density at radius 1 is 0.310 bits per heavy atom. The molecule has 0 fully saturated rings. The van der Waals surface area contributed by atoms with E-state index < -0.39 is 0 Å². The average Bonchev–Trinajstić information content (AvgIpc) is 3.70. The fourth-order valence-electron chi connectivity index (χ4n) is 8.77. The molecule has 0 aliphatic carbocycles. The SMILES string of the molecule is c1ccc(-c2cccc(-c3ccccc3N(c3cccc(-c4cc5ccccc5c5ccccc45)c3)c3ccc(-c4ccccc4)c4oc5ccccc5c34)c2)cc1. The number of furan rings is 1. The number of fused-ring (bicyclic) bond motifs is 6. The number of nitrogens with zero attached hydrogens (tertiary/aromatic N) is 1. The first-order valence-corrected chi connectivity index (χ1v) is 19.8. The highest BCUT2D eigenvalue weighted by Gasteiger charge is 2.24. The Morgan fingerprint density at radius 2 is 0.914 bits per heavy atom. The first kappa shape index (κ1) is 33.6. The Morgan fingerprint density at radius 3 is 1.74 bits per heavy atom. The van der Waals surface area contributed by atoms with Crippen molar-refractivity contribution in [1.29, 1.82) is 0 Å². The Bertz CT molecular complexity index is 3290. The van der Waals surface area contributed by atoms with Gasteiger partial charge in [-0.15, -0.1) is 0 Å². The molecule has 58 heavy (non-hydrogen) atoms. The summed E-state index contributed by atoms with van der Waals surface area (Å²) in [5.74, 6) is 0. The summed E-state index contributed by atoms with van der Waals surface area (Å²) in [6.07, 6.45) is 0. The van der Waals surface area contributed by atoms with Crippen LogP contribution in [0.2, 0.25) is 0 Å². The number of anilines is 3. The Kier molecular flexibility index (Phi) is 8.19. The molecule has 0 saturated heterocycles. The third-order valence-corrected chi connectivity index (χ3v) is 11.4. The van der Waals surface area contributed by atoms with Crippen LogP contribution in [-0.2, 0) is 0 Å². The molecule has 1 heterocycles. The minimum absolute atomic E-state index is 0.863. The second-order valence-electron chi connectivity index (χ2n) is 14.8. The van der Waals surface area contributed by atoms with E-state index in [0.29, 0.717) is 0 Å². The standard InChI is InChI=1S/C56H37NO/c1-3-17-38(18-4-1)40-22-15-23-41(35-40)46-27-11-13-31-52(46)57(53-34-33-47(39-19-5-2-6-20-39)56-55(53)50-30-12-14-32-54(50)58-56)44-25-16-24-42(36-44)51-37-43-21-7-8-26-45(43)48-28-9-10-29-49(48)51/h1-37H. The molecule has 11 rings (SSSR count). The van der Waals surface area contributed by atoms with Gasteiger partial charge in [0.05, 0.1) is 16.8 Å². The Labute approximate surface area is 337 Å². The molecular weight excluding hydrogens is 703 g/mol. The highest BCUT2D eigenvalue weighted by molar-refractivity contribution is 6.18. The maximum Gasteiger partial charge on any atom is 0.145 e. The molecular formula is C56H37NO. The van der Waals surface area contributed by atoms with Gasteiger partial charge in [-0.1, -0.05) is 176 Å². The summed E-state index contributed by atoms with van der Waals surface area (Å²) >= 11 is 0. The Hall–Kier alpha value is -7.68. The third kappa shape index (κ3) is 5.74. The third-order valence-electron chi connectivity index (χ3n) is 11.4. The smallest absolute Gasteiger partial charge is 0.145 e. The quantitative estimate of drug-likeness (QED) is 0.151. The summed E-state index contributed by atoms with van der Waals surface area (Å²) in [6, 6.07) is 80.6. The fraction of sp³-hybridized carbons (Fsp3) is 0. The lowest BCUT2D eigenvalue weighted by atomic mass is 9.92. The number of hydrogen-bond donors (Lipinski definition) is 0. The van der Waals surface area contributed by atoms with E-state index in [2.05, 4.69) is 229 Å². The first-order chi connectivity index (χ1) is 28.8. The summed E-state index contributed by atoms with van der Waals surface area (Å²) in [7, 11) is 0. The van der Waals surface area contributed by atoms with Crippen LogP contribution in [0.3, 0.4) is 0 Å². The van der Waals surface area contributed by atoms with Gasteiger partial charge in [-0.05, 0) is 103 Å². The average molecular weight is 740 g/mol. The van der Waals surface area contributed by atoms with Crippen LogP contribution in [0.15, 0.2) is 229 Å². The van der Waals surface area contributed by atoms with Crippen molar-refractivity contribution in [3.8, 4) is 44.5 Å². The number of benzene rings is 10. The molecule has 11 aromatic rings. The molecule has 0 aliphatic rings. The predicted molar refractivity (Wildman–Crippen MR) is 245 cm³/mol. The molecule has 0 spiro atoms. The number of hydrogen-bond acceptors (Lipinski definition) is 2. The van der Waals surface area contributed by atoms with Gasteiger partial charge in [-0.3, -0.25) is 0 Å². The lowest BCUT2D eigenvalue weighted by molar-refractivity contribution is 0.670. The van der Waals surface area contributed by atoms with Gasteiger partial charge in [0.2, 0.25) is 0 Å². The van der Waals surface area contributed by atoms with Crippen LogP contribution in [0.5, 0.6) is 0 Å². The van der Waals surface area contributed by atoms with Gasteiger partial charge in [0, 0.05) is 22.2 Å². The summed E-state index contributed by atoms with van der Waals surface area (Å²) in [5.41, 5.74) is 14.1. The molecule has 0 bridgehead atoms. The summed E-state index contributed by atoms with van der Waals surface area (Å²) in [6.45, 7) is 0. The number of rotatable bonds is 7. The molecule has 0 amide bonds. The van der Waals surface area contributed by atoms with Crippen LogP contribution >= 0.6 is 0 Å². The van der Waals surface area contributed by atoms with Crippen LogP contribution in [-0.4, -0.2) is 0 Å². The van der Waals surface area contributed by atoms with E-state index in [1.807, 2.05) is 0 Å². The first-order valence-electron chi connectivity index (χ1n) is 19.8. The highest BCUT2D eigenvalue weighted by atomic mass is 16.3. The van der Waals surface area contributed by atoms with Gasteiger partial charge in [0.25, 0.3) is 0 Å². The molecule has 1 aromatic heterocycles. The van der Waals surface area contributed by atoms with Gasteiger partial charge in [0.15, 0.2) is 0 Å². The molecule has 0 unspecified atom stereocenters. The zero-order chi connectivity index (χ0) is 38.4. The van der Waals surface area contributed by atoms with E-state index in [4.69, 9.17) is 4.42 Å². The van der Waals surface area contributed by atoms with Crippen molar-refractivity contribution in [2.75, 3.05) is 4.90 Å². The van der Waals surface area contributed by atoms with Crippen molar-refractivity contribution < 1.29 is 4.42 Å². The van der Waals surface area contributed by atoms with E-state index in [1.165, 1.54) is 38.2 Å². The van der Waals surface area contributed by atoms with Crippen LogP contribution < -0.4 is 4.90 Å². The molecule has 2 heteroatoms. The van der Waals surface area contributed by atoms with Crippen molar-refractivity contribution in [3.63, 3.8) is 0 Å². The van der Waals surface area contributed by atoms with Crippen LogP contribution in [0.4, 0.5) is 17.1 Å².